The third-order valence-electron chi connectivity index (χ3n) is 3.62. The summed E-state index contributed by atoms with van der Waals surface area (Å²) < 4.78 is 5.89. The molecule has 0 bridgehead atoms. The molecule has 0 aliphatic rings. The molecule has 0 radical (unpaired) electrons. The Hall–Kier alpha value is -1.32. The molecule has 23 heavy (non-hydrogen) atoms. The summed E-state index contributed by atoms with van der Waals surface area (Å²) in [7, 11) is 0. The maximum absolute atomic E-state index is 12.6. The van der Waals surface area contributed by atoms with Gasteiger partial charge in [-0.15, -0.1) is 0 Å². The van der Waals surface area contributed by atoms with Crippen LogP contribution >= 0.6 is 0 Å². The number of aromatic nitrogens is 1. The highest BCUT2D eigenvalue weighted by molar-refractivity contribution is 5.76. The van der Waals surface area contributed by atoms with Gasteiger partial charge in [-0.1, -0.05) is 48.5 Å². The van der Waals surface area contributed by atoms with Gasteiger partial charge < -0.3 is 9.32 Å². The number of oxazole rings is 1. The van der Waals surface area contributed by atoms with Crippen LogP contribution in [0.2, 0.25) is 0 Å². The second-order valence-corrected chi connectivity index (χ2v) is 8.36. The van der Waals surface area contributed by atoms with Gasteiger partial charge in [0.2, 0.25) is 5.91 Å². The molecule has 1 aromatic heterocycles. The van der Waals surface area contributed by atoms with E-state index < -0.39 is 0 Å². The van der Waals surface area contributed by atoms with Gasteiger partial charge in [0.05, 0.1) is 5.69 Å². The summed E-state index contributed by atoms with van der Waals surface area (Å²) in [5.41, 5.74) is 0.802. The van der Waals surface area contributed by atoms with Gasteiger partial charge in [0, 0.05) is 31.3 Å². The van der Waals surface area contributed by atoms with Crippen molar-refractivity contribution in [2.45, 2.75) is 73.6 Å². The first-order chi connectivity index (χ1) is 10.5. The number of amides is 1. The standard InChI is InChI=1S/C19H34N2O2/c1-13(2)11-21(12-14(3)4)17(22)10-9-16-15(5)20-18(23-16)19(6,7)8/h13-14H,9-12H2,1-8H3. The lowest BCUT2D eigenvalue weighted by Gasteiger charge is -2.26. The fourth-order valence-corrected chi connectivity index (χ4v) is 2.52. The molecule has 0 fully saturated rings. The maximum Gasteiger partial charge on any atom is 0.223 e. The molecule has 0 spiro atoms. The molecule has 0 aromatic carbocycles. The van der Waals surface area contributed by atoms with Crippen molar-refractivity contribution in [1.82, 2.24) is 9.88 Å². The Bertz CT molecular complexity index is 500. The minimum atomic E-state index is -0.103. The Labute approximate surface area is 141 Å². The van der Waals surface area contributed by atoms with E-state index in [1.165, 1.54) is 0 Å². The second kappa shape index (κ2) is 7.98. The highest BCUT2D eigenvalue weighted by atomic mass is 16.4. The number of rotatable bonds is 7. The van der Waals surface area contributed by atoms with E-state index in [1.54, 1.807) is 0 Å². The lowest BCUT2D eigenvalue weighted by molar-refractivity contribution is -0.132. The Kier molecular flexibility index (Phi) is 6.84. The Morgan fingerprint density at radius 3 is 2.04 bits per heavy atom. The van der Waals surface area contributed by atoms with Crippen molar-refractivity contribution in [3.8, 4) is 0 Å². The average molecular weight is 322 g/mol. The fraction of sp³-hybridized carbons (Fsp3) is 0.789. The minimum Gasteiger partial charge on any atom is -0.445 e. The van der Waals surface area contributed by atoms with E-state index in [1.807, 2.05) is 11.8 Å². The SMILES string of the molecule is Cc1nc(C(C)(C)C)oc1CCC(=O)N(CC(C)C)CC(C)C. The first-order valence-electron chi connectivity index (χ1n) is 8.75. The van der Waals surface area contributed by atoms with E-state index in [-0.39, 0.29) is 11.3 Å². The molecule has 4 nitrogen and oxygen atoms in total. The van der Waals surface area contributed by atoms with Gasteiger partial charge >= 0.3 is 0 Å². The van der Waals surface area contributed by atoms with Crippen molar-refractivity contribution < 1.29 is 9.21 Å². The normalized spacial score (nSPS) is 12.3. The maximum atomic E-state index is 12.6. The molecule has 0 N–H and O–H groups in total. The van der Waals surface area contributed by atoms with Crippen molar-refractivity contribution in [2.24, 2.45) is 11.8 Å². The molecule has 1 heterocycles. The number of carbonyl (C=O) groups excluding carboxylic acids is 1. The van der Waals surface area contributed by atoms with Gasteiger partial charge in [0.25, 0.3) is 0 Å². The first-order valence-corrected chi connectivity index (χ1v) is 8.75. The molecule has 1 aromatic rings. The summed E-state index contributed by atoms with van der Waals surface area (Å²) in [6.45, 7) is 18.4. The highest BCUT2D eigenvalue weighted by Crippen LogP contribution is 2.24. The number of nitrogens with zero attached hydrogens (tertiary/aromatic N) is 2. The number of hydrogen-bond acceptors (Lipinski definition) is 3. The molecule has 0 saturated carbocycles. The minimum absolute atomic E-state index is 0.103. The molecule has 0 aliphatic heterocycles. The van der Waals surface area contributed by atoms with Crippen LogP contribution in [0.25, 0.3) is 0 Å². The van der Waals surface area contributed by atoms with Crippen LogP contribution in [0, 0.1) is 18.8 Å². The smallest absolute Gasteiger partial charge is 0.223 e. The average Bonchev–Trinajstić information content (AvgIpc) is 2.75. The zero-order valence-corrected chi connectivity index (χ0v) is 16.2. The van der Waals surface area contributed by atoms with Gasteiger partial charge in [-0.3, -0.25) is 4.79 Å². The van der Waals surface area contributed by atoms with Crippen LogP contribution in [0.4, 0.5) is 0 Å². The number of aryl methyl sites for hydroxylation is 2. The monoisotopic (exact) mass is 322 g/mol. The number of hydrogen-bond donors (Lipinski definition) is 0. The Morgan fingerprint density at radius 2 is 1.65 bits per heavy atom. The van der Waals surface area contributed by atoms with E-state index in [0.717, 1.165) is 30.4 Å². The molecular formula is C19H34N2O2. The van der Waals surface area contributed by atoms with E-state index in [9.17, 15) is 4.79 Å². The van der Waals surface area contributed by atoms with Crippen LogP contribution in [0.1, 0.15) is 72.2 Å². The van der Waals surface area contributed by atoms with Gasteiger partial charge in [-0.2, -0.15) is 0 Å². The molecular weight excluding hydrogens is 288 g/mol. The molecule has 0 unspecified atom stereocenters. The van der Waals surface area contributed by atoms with Crippen LogP contribution in [0.15, 0.2) is 4.42 Å². The Morgan fingerprint density at radius 1 is 1.13 bits per heavy atom. The first kappa shape index (κ1) is 19.7. The van der Waals surface area contributed by atoms with Crippen molar-refractivity contribution in [3.63, 3.8) is 0 Å². The molecule has 0 aliphatic carbocycles. The summed E-state index contributed by atoms with van der Waals surface area (Å²) in [5.74, 6) is 2.77. The number of carbonyl (C=O) groups is 1. The van der Waals surface area contributed by atoms with Crippen molar-refractivity contribution in [1.29, 1.82) is 0 Å². The largest absolute Gasteiger partial charge is 0.445 e. The van der Waals surface area contributed by atoms with Crippen molar-refractivity contribution in [3.05, 3.63) is 17.3 Å². The summed E-state index contributed by atoms with van der Waals surface area (Å²) in [6, 6.07) is 0. The predicted molar refractivity (Wildman–Crippen MR) is 94.5 cm³/mol. The third kappa shape index (κ3) is 6.36. The van der Waals surface area contributed by atoms with Crippen LogP contribution in [-0.4, -0.2) is 28.9 Å². The zero-order valence-electron chi connectivity index (χ0n) is 16.2. The Balaban J connectivity index is 2.71. The lowest BCUT2D eigenvalue weighted by Crippen LogP contribution is -2.37. The van der Waals surface area contributed by atoms with Crippen molar-refractivity contribution >= 4 is 5.91 Å². The summed E-state index contributed by atoms with van der Waals surface area (Å²) in [4.78, 5) is 19.1. The zero-order chi connectivity index (χ0) is 17.8. The van der Waals surface area contributed by atoms with E-state index in [2.05, 4.69) is 53.5 Å². The molecule has 0 saturated heterocycles. The van der Waals surface area contributed by atoms with Crippen LogP contribution < -0.4 is 0 Å². The fourth-order valence-electron chi connectivity index (χ4n) is 2.52. The topological polar surface area (TPSA) is 46.3 Å². The van der Waals surface area contributed by atoms with E-state index in [4.69, 9.17) is 4.42 Å². The third-order valence-corrected chi connectivity index (χ3v) is 3.62. The summed E-state index contributed by atoms with van der Waals surface area (Å²) in [5, 5.41) is 0. The molecule has 4 heteroatoms. The second-order valence-electron chi connectivity index (χ2n) is 8.36. The van der Waals surface area contributed by atoms with Gasteiger partial charge in [-0.05, 0) is 18.8 Å². The van der Waals surface area contributed by atoms with E-state index >= 15 is 0 Å². The lowest BCUT2D eigenvalue weighted by atomic mass is 9.97. The molecule has 132 valence electrons. The molecule has 1 amide bonds. The summed E-state index contributed by atoms with van der Waals surface area (Å²) in [6.07, 6.45) is 1.11. The van der Waals surface area contributed by atoms with Gasteiger partial charge in [0.1, 0.15) is 5.76 Å². The quantitative estimate of drug-likeness (QED) is 0.749. The van der Waals surface area contributed by atoms with Gasteiger partial charge in [-0.25, -0.2) is 4.98 Å². The molecule has 0 atom stereocenters. The van der Waals surface area contributed by atoms with Crippen LogP contribution in [-0.2, 0) is 16.6 Å². The van der Waals surface area contributed by atoms with Gasteiger partial charge in [0.15, 0.2) is 5.89 Å². The van der Waals surface area contributed by atoms with Crippen molar-refractivity contribution in [2.75, 3.05) is 13.1 Å². The van der Waals surface area contributed by atoms with E-state index in [0.29, 0.717) is 24.7 Å². The molecule has 1 rings (SSSR count). The van der Waals surface area contributed by atoms with Crippen LogP contribution in [0.3, 0.4) is 0 Å². The highest BCUT2D eigenvalue weighted by Gasteiger charge is 2.23. The predicted octanol–water partition coefficient (Wildman–Crippen LogP) is 4.35. The summed E-state index contributed by atoms with van der Waals surface area (Å²) >= 11 is 0. The van der Waals surface area contributed by atoms with Crippen LogP contribution in [0.5, 0.6) is 0 Å².